The summed E-state index contributed by atoms with van der Waals surface area (Å²) in [5.74, 6) is 0.785. The van der Waals surface area contributed by atoms with Crippen LogP contribution in [0.5, 0.6) is 0 Å². The lowest BCUT2D eigenvalue weighted by molar-refractivity contribution is 0.711. The standard InChI is InChI=1S/C16H14ClN3/c17-14-7-5-12(6-8-14)15-4-2-10-20(15)16-13(11-18)3-1-9-19-16/h1,3,5-9,15H,2,4,10H2/t15-/m0/s1. The van der Waals surface area contributed by atoms with E-state index in [4.69, 9.17) is 11.6 Å². The van der Waals surface area contributed by atoms with Gasteiger partial charge in [-0.2, -0.15) is 5.26 Å². The molecule has 0 unspecified atom stereocenters. The molecule has 3 nitrogen and oxygen atoms in total. The quantitative estimate of drug-likeness (QED) is 0.838. The molecule has 0 saturated carbocycles. The average Bonchev–Trinajstić information content (AvgIpc) is 2.97. The number of nitriles is 1. The monoisotopic (exact) mass is 283 g/mol. The van der Waals surface area contributed by atoms with Crippen molar-refractivity contribution in [2.45, 2.75) is 18.9 Å². The highest BCUT2D eigenvalue weighted by atomic mass is 35.5. The second kappa shape index (κ2) is 5.52. The summed E-state index contributed by atoms with van der Waals surface area (Å²) in [5, 5.41) is 9.98. The van der Waals surface area contributed by atoms with Crippen molar-refractivity contribution >= 4 is 17.4 Å². The Bertz CT molecular complexity index is 646. The molecule has 0 N–H and O–H groups in total. The molecule has 0 amide bonds. The zero-order valence-electron chi connectivity index (χ0n) is 11.0. The molecule has 1 aromatic heterocycles. The summed E-state index contributed by atoms with van der Waals surface area (Å²) < 4.78 is 0. The van der Waals surface area contributed by atoms with Crippen LogP contribution in [0.4, 0.5) is 5.82 Å². The summed E-state index contributed by atoms with van der Waals surface area (Å²) in [7, 11) is 0. The molecule has 100 valence electrons. The molecule has 0 radical (unpaired) electrons. The molecule has 1 aromatic carbocycles. The van der Waals surface area contributed by atoms with Crippen molar-refractivity contribution in [3.63, 3.8) is 0 Å². The molecular weight excluding hydrogens is 270 g/mol. The van der Waals surface area contributed by atoms with E-state index in [0.29, 0.717) is 5.56 Å². The Balaban J connectivity index is 1.97. The normalized spacial score (nSPS) is 18.0. The van der Waals surface area contributed by atoms with Gasteiger partial charge in [-0.25, -0.2) is 4.98 Å². The second-order valence-electron chi connectivity index (χ2n) is 4.89. The van der Waals surface area contributed by atoms with Crippen LogP contribution in [0.2, 0.25) is 5.02 Å². The number of benzene rings is 1. The summed E-state index contributed by atoms with van der Waals surface area (Å²) in [6, 6.07) is 14.1. The first-order valence-corrected chi connectivity index (χ1v) is 7.04. The van der Waals surface area contributed by atoms with Crippen LogP contribution in [-0.4, -0.2) is 11.5 Å². The Morgan fingerprint density at radius 2 is 2.05 bits per heavy atom. The van der Waals surface area contributed by atoms with Crippen molar-refractivity contribution in [3.8, 4) is 6.07 Å². The Morgan fingerprint density at radius 1 is 1.25 bits per heavy atom. The molecule has 1 saturated heterocycles. The minimum atomic E-state index is 0.272. The van der Waals surface area contributed by atoms with Crippen molar-refractivity contribution in [2.75, 3.05) is 11.4 Å². The van der Waals surface area contributed by atoms with E-state index in [1.807, 2.05) is 18.2 Å². The molecule has 0 aliphatic carbocycles. The van der Waals surface area contributed by atoms with Gasteiger partial charge in [0, 0.05) is 17.8 Å². The van der Waals surface area contributed by atoms with Crippen LogP contribution in [0.15, 0.2) is 42.6 Å². The van der Waals surface area contributed by atoms with E-state index in [0.717, 1.165) is 30.2 Å². The van der Waals surface area contributed by atoms with Crippen molar-refractivity contribution in [1.82, 2.24) is 4.98 Å². The third-order valence-corrected chi connectivity index (χ3v) is 3.94. The lowest BCUT2D eigenvalue weighted by atomic mass is 10.0. The zero-order chi connectivity index (χ0) is 13.9. The van der Waals surface area contributed by atoms with Crippen LogP contribution >= 0.6 is 11.6 Å². The van der Waals surface area contributed by atoms with Gasteiger partial charge in [0.15, 0.2) is 0 Å². The Morgan fingerprint density at radius 3 is 2.80 bits per heavy atom. The fourth-order valence-electron chi connectivity index (χ4n) is 2.76. The number of hydrogen-bond donors (Lipinski definition) is 0. The molecule has 4 heteroatoms. The number of aromatic nitrogens is 1. The highest BCUT2D eigenvalue weighted by Gasteiger charge is 2.28. The number of nitrogens with zero attached hydrogens (tertiary/aromatic N) is 3. The van der Waals surface area contributed by atoms with Gasteiger partial charge in [-0.15, -0.1) is 0 Å². The van der Waals surface area contributed by atoms with E-state index >= 15 is 0 Å². The van der Waals surface area contributed by atoms with E-state index < -0.39 is 0 Å². The first kappa shape index (κ1) is 13.0. The lowest BCUT2D eigenvalue weighted by Gasteiger charge is -2.26. The second-order valence-corrected chi connectivity index (χ2v) is 5.33. The maximum Gasteiger partial charge on any atom is 0.146 e. The number of halogens is 1. The SMILES string of the molecule is N#Cc1cccnc1N1CCC[C@H]1c1ccc(Cl)cc1. The molecule has 0 bridgehead atoms. The van der Waals surface area contributed by atoms with Crippen LogP contribution in [0.3, 0.4) is 0 Å². The van der Waals surface area contributed by atoms with Gasteiger partial charge in [-0.3, -0.25) is 0 Å². The molecule has 1 aliphatic rings. The van der Waals surface area contributed by atoms with Crippen molar-refractivity contribution in [3.05, 3.63) is 58.7 Å². The van der Waals surface area contributed by atoms with Gasteiger partial charge in [0.2, 0.25) is 0 Å². The van der Waals surface area contributed by atoms with Crippen molar-refractivity contribution in [1.29, 1.82) is 5.26 Å². The van der Waals surface area contributed by atoms with Crippen LogP contribution in [-0.2, 0) is 0 Å². The van der Waals surface area contributed by atoms with E-state index in [-0.39, 0.29) is 6.04 Å². The van der Waals surface area contributed by atoms with E-state index in [9.17, 15) is 5.26 Å². The highest BCUT2D eigenvalue weighted by Crippen LogP contribution is 2.36. The summed E-state index contributed by atoms with van der Waals surface area (Å²) >= 11 is 5.95. The Hall–Kier alpha value is -2.05. The molecule has 0 spiro atoms. The first-order chi connectivity index (χ1) is 9.79. The third-order valence-electron chi connectivity index (χ3n) is 3.69. The molecule has 1 fully saturated rings. The molecule has 1 atom stereocenters. The number of rotatable bonds is 2. The first-order valence-electron chi connectivity index (χ1n) is 6.67. The third kappa shape index (κ3) is 2.35. The van der Waals surface area contributed by atoms with Crippen molar-refractivity contribution in [2.24, 2.45) is 0 Å². The number of anilines is 1. The molecular formula is C16H14ClN3. The topological polar surface area (TPSA) is 39.9 Å². The summed E-state index contributed by atoms with van der Waals surface area (Å²) in [4.78, 5) is 6.63. The van der Waals surface area contributed by atoms with Gasteiger partial charge in [0.25, 0.3) is 0 Å². The summed E-state index contributed by atoms with van der Waals surface area (Å²) in [6.45, 7) is 0.930. The van der Waals surface area contributed by atoms with E-state index in [1.165, 1.54) is 5.56 Å². The lowest BCUT2D eigenvalue weighted by Crippen LogP contribution is -2.24. The van der Waals surface area contributed by atoms with Gasteiger partial charge >= 0.3 is 0 Å². The van der Waals surface area contributed by atoms with Crippen LogP contribution in [0.1, 0.15) is 30.0 Å². The van der Waals surface area contributed by atoms with Gasteiger partial charge in [-0.05, 0) is 42.7 Å². The molecule has 20 heavy (non-hydrogen) atoms. The molecule has 2 heterocycles. The van der Waals surface area contributed by atoms with E-state index in [2.05, 4.69) is 28.1 Å². The number of hydrogen-bond acceptors (Lipinski definition) is 3. The predicted octanol–water partition coefficient (Wildman–Crippen LogP) is 3.95. The van der Waals surface area contributed by atoms with Gasteiger partial charge in [0.05, 0.1) is 11.6 Å². The van der Waals surface area contributed by atoms with Crippen molar-refractivity contribution < 1.29 is 0 Å². The fourth-order valence-corrected chi connectivity index (χ4v) is 2.89. The van der Waals surface area contributed by atoms with Crippen LogP contribution in [0.25, 0.3) is 0 Å². The maximum absolute atomic E-state index is 9.24. The molecule has 2 aromatic rings. The maximum atomic E-state index is 9.24. The summed E-state index contributed by atoms with van der Waals surface area (Å²) in [6.07, 6.45) is 3.92. The molecule has 3 rings (SSSR count). The summed E-state index contributed by atoms with van der Waals surface area (Å²) in [5.41, 5.74) is 1.86. The van der Waals surface area contributed by atoms with Gasteiger partial charge < -0.3 is 4.90 Å². The minimum absolute atomic E-state index is 0.272. The average molecular weight is 284 g/mol. The number of pyridine rings is 1. The van der Waals surface area contributed by atoms with E-state index in [1.54, 1.807) is 12.3 Å². The smallest absolute Gasteiger partial charge is 0.146 e. The van der Waals surface area contributed by atoms with Gasteiger partial charge in [-0.1, -0.05) is 23.7 Å². The highest BCUT2D eigenvalue weighted by molar-refractivity contribution is 6.30. The Labute approximate surface area is 123 Å². The predicted molar refractivity (Wildman–Crippen MR) is 79.7 cm³/mol. The van der Waals surface area contributed by atoms with Crippen LogP contribution in [0, 0.1) is 11.3 Å². The minimum Gasteiger partial charge on any atom is -0.348 e. The Kier molecular flexibility index (Phi) is 3.58. The molecule has 1 aliphatic heterocycles. The zero-order valence-corrected chi connectivity index (χ0v) is 11.7. The van der Waals surface area contributed by atoms with Gasteiger partial charge in [0.1, 0.15) is 11.9 Å². The van der Waals surface area contributed by atoms with Crippen LogP contribution < -0.4 is 4.90 Å². The fraction of sp³-hybridized carbons (Fsp3) is 0.250. The largest absolute Gasteiger partial charge is 0.348 e.